The maximum absolute atomic E-state index is 10.6. The van der Waals surface area contributed by atoms with Crippen LogP contribution in [0.3, 0.4) is 0 Å². The van der Waals surface area contributed by atoms with Crippen LogP contribution in [0.15, 0.2) is 0 Å². The molecule has 0 radical (unpaired) electrons. The number of aromatic amines is 2. The minimum absolute atomic E-state index is 0.400. The Hall–Kier alpha value is -3.45. The fourth-order valence-corrected chi connectivity index (χ4v) is 1.16. The van der Waals surface area contributed by atoms with E-state index in [1.54, 1.807) is 0 Å². The molecule has 0 saturated carbocycles. The lowest BCUT2D eigenvalue weighted by Crippen LogP contribution is -1.94. The van der Waals surface area contributed by atoms with E-state index in [1.165, 1.54) is 0 Å². The highest BCUT2D eigenvalue weighted by atomic mass is 16.6. The summed E-state index contributed by atoms with van der Waals surface area (Å²) in [6, 6.07) is 0. The van der Waals surface area contributed by atoms with Crippen LogP contribution in [-0.4, -0.2) is 39.9 Å². The van der Waals surface area contributed by atoms with Crippen molar-refractivity contribution in [1.82, 2.24) is 25.1 Å². The van der Waals surface area contributed by atoms with Gasteiger partial charge in [0.2, 0.25) is 0 Å². The van der Waals surface area contributed by atoms with Gasteiger partial charge in [0.25, 0.3) is 0 Å². The molecule has 0 aliphatic carbocycles. The van der Waals surface area contributed by atoms with Gasteiger partial charge in [0.1, 0.15) is 0 Å². The van der Waals surface area contributed by atoms with Crippen LogP contribution in [0.2, 0.25) is 0 Å². The van der Waals surface area contributed by atoms with Gasteiger partial charge in [-0.05, 0) is 19.8 Å². The Morgan fingerprint density at radius 2 is 1.63 bits per heavy atom. The van der Waals surface area contributed by atoms with Gasteiger partial charge >= 0.3 is 29.2 Å². The highest BCUT2D eigenvalue weighted by molar-refractivity contribution is 5.54. The summed E-state index contributed by atoms with van der Waals surface area (Å²) in [5, 5.41) is 36.8. The van der Waals surface area contributed by atoms with E-state index in [2.05, 4.69) is 15.1 Å². The molecule has 2 N–H and O–H groups in total. The minimum Gasteiger partial charge on any atom is -0.390 e. The van der Waals surface area contributed by atoms with E-state index in [0.717, 1.165) is 0 Å². The topological polar surface area (TPSA) is 200 Å². The smallest absolute Gasteiger partial charge is 0.390 e. The van der Waals surface area contributed by atoms with Crippen molar-refractivity contribution in [2.24, 2.45) is 0 Å². The Balaban J connectivity index is 2.50. The van der Waals surface area contributed by atoms with E-state index in [0.29, 0.717) is 0 Å². The number of H-pyrrole nitrogens is 2. The molecule has 0 atom stereocenters. The Labute approximate surface area is 100 Å². The summed E-state index contributed by atoms with van der Waals surface area (Å²) < 4.78 is 0. The molecule has 0 fully saturated rings. The van der Waals surface area contributed by atoms with Gasteiger partial charge in [-0.3, -0.25) is 0 Å². The van der Waals surface area contributed by atoms with E-state index in [1.807, 2.05) is 10.1 Å². The predicted octanol–water partition coefficient (Wildman–Crippen LogP) is -0.0806. The molecule has 0 spiro atoms. The molecule has 2 rings (SSSR count). The average molecular weight is 270 g/mol. The van der Waals surface area contributed by atoms with Crippen LogP contribution in [0.4, 0.5) is 17.6 Å². The molecule has 2 aromatic heterocycles. The number of nitrogens with zero attached hydrogens (tertiary/aromatic N) is 6. The summed E-state index contributed by atoms with van der Waals surface area (Å²) in [5.74, 6) is -3.55. The third-order valence-electron chi connectivity index (χ3n) is 1.88. The molecule has 0 unspecified atom stereocenters. The van der Waals surface area contributed by atoms with Crippen LogP contribution in [-0.2, 0) is 0 Å². The van der Waals surface area contributed by atoms with Crippen LogP contribution in [0, 0.1) is 30.3 Å². The molecule has 2 aromatic rings. The first-order valence-electron chi connectivity index (χ1n) is 4.36. The molecule has 2 heterocycles. The fourth-order valence-electron chi connectivity index (χ4n) is 1.16. The van der Waals surface area contributed by atoms with E-state index < -0.39 is 44.0 Å². The van der Waals surface area contributed by atoms with Gasteiger partial charge in [-0.15, -0.1) is 5.10 Å². The molecule has 0 amide bonds. The molecule has 98 valence electrons. The number of nitrogens with one attached hydrogen (secondary N) is 2. The zero-order valence-corrected chi connectivity index (χ0v) is 8.63. The lowest BCUT2D eigenvalue weighted by Gasteiger charge is -1.88. The monoisotopic (exact) mass is 270 g/mol. The van der Waals surface area contributed by atoms with Gasteiger partial charge in [-0.25, -0.2) is 0 Å². The first-order valence-corrected chi connectivity index (χ1v) is 4.36. The van der Waals surface area contributed by atoms with E-state index >= 15 is 0 Å². The summed E-state index contributed by atoms with van der Waals surface area (Å²) in [5.41, 5.74) is 0. The molecule has 14 nitrogen and oxygen atoms in total. The van der Waals surface area contributed by atoms with Crippen LogP contribution in [0.1, 0.15) is 0 Å². The Morgan fingerprint density at radius 1 is 0.947 bits per heavy atom. The van der Waals surface area contributed by atoms with Crippen LogP contribution in [0.25, 0.3) is 11.6 Å². The van der Waals surface area contributed by atoms with Gasteiger partial charge in [-0.1, -0.05) is 5.10 Å². The van der Waals surface area contributed by atoms with Gasteiger partial charge in [0, 0.05) is 4.98 Å². The first-order chi connectivity index (χ1) is 8.90. The number of nitro groups is 3. The van der Waals surface area contributed by atoms with Gasteiger partial charge in [0.15, 0.2) is 0 Å². The quantitative estimate of drug-likeness (QED) is 0.562. The number of aromatic nitrogens is 5. The zero-order chi connectivity index (χ0) is 14.2. The molecule has 0 aromatic carbocycles. The number of imidazole rings is 1. The number of hydrogen-bond acceptors (Lipinski definition) is 9. The number of rotatable bonds is 4. The fraction of sp³-hybridized carbons (Fsp3) is 0. The van der Waals surface area contributed by atoms with Gasteiger partial charge in [-0.2, -0.15) is 4.98 Å². The molecule has 0 saturated heterocycles. The molecule has 0 bridgehead atoms. The normalized spacial score (nSPS) is 10.3. The second-order valence-corrected chi connectivity index (χ2v) is 3.01. The molecule has 0 aliphatic heterocycles. The Morgan fingerprint density at radius 3 is 2.05 bits per heavy atom. The Bertz CT molecular complexity index is 654. The third-order valence-corrected chi connectivity index (χ3v) is 1.88. The average Bonchev–Trinajstić information content (AvgIpc) is 2.95. The lowest BCUT2D eigenvalue weighted by atomic mass is 10.6. The molecular formula is C5H2N8O6. The van der Waals surface area contributed by atoms with Crippen LogP contribution in [0.5, 0.6) is 0 Å². The van der Waals surface area contributed by atoms with E-state index in [9.17, 15) is 30.3 Å². The molecule has 14 heteroatoms. The minimum atomic E-state index is -1.07. The summed E-state index contributed by atoms with van der Waals surface area (Å²) >= 11 is 0. The van der Waals surface area contributed by atoms with E-state index in [4.69, 9.17) is 0 Å². The maximum Gasteiger partial charge on any atom is 0.463 e. The van der Waals surface area contributed by atoms with Crippen LogP contribution < -0.4 is 0 Å². The lowest BCUT2D eigenvalue weighted by molar-refractivity contribution is -0.427. The second-order valence-electron chi connectivity index (χ2n) is 3.01. The summed E-state index contributed by atoms with van der Waals surface area (Å²) in [6.07, 6.45) is 0. The van der Waals surface area contributed by atoms with Crippen molar-refractivity contribution in [2.75, 3.05) is 0 Å². The van der Waals surface area contributed by atoms with E-state index in [-0.39, 0.29) is 0 Å². The molecule has 19 heavy (non-hydrogen) atoms. The summed E-state index contributed by atoms with van der Waals surface area (Å²) in [7, 11) is 0. The van der Waals surface area contributed by atoms with Crippen molar-refractivity contribution in [1.29, 1.82) is 0 Å². The second kappa shape index (κ2) is 4.09. The molecule has 0 aliphatic rings. The van der Waals surface area contributed by atoms with Crippen molar-refractivity contribution in [3.8, 4) is 11.6 Å². The van der Waals surface area contributed by atoms with Crippen molar-refractivity contribution in [3.63, 3.8) is 0 Å². The highest BCUT2D eigenvalue weighted by Gasteiger charge is 2.36. The predicted molar refractivity (Wildman–Crippen MR) is 53.9 cm³/mol. The first kappa shape index (κ1) is 12.0. The Kier molecular flexibility index (Phi) is 2.59. The third kappa shape index (κ3) is 2.04. The summed E-state index contributed by atoms with van der Waals surface area (Å²) in [4.78, 5) is 37.1. The van der Waals surface area contributed by atoms with Crippen molar-refractivity contribution >= 4 is 17.6 Å². The van der Waals surface area contributed by atoms with Crippen LogP contribution >= 0.6 is 0 Å². The van der Waals surface area contributed by atoms with Crippen molar-refractivity contribution < 1.29 is 14.8 Å². The van der Waals surface area contributed by atoms with Gasteiger partial charge < -0.3 is 30.3 Å². The maximum atomic E-state index is 10.6. The van der Waals surface area contributed by atoms with Crippen molar-refractivity contribution in [2.45, 2.75) is 0 Å². The summed E-state index contributed by atoms with van der Waals surface area (Å²) in [6.45, 7) is 0. The highest BCUT2D eigenvalue weighted by Crippen LogP contribution is 2.26. The van der Waals surface area contributed by atoms with Gasteiger partial charge in [0.05, 0.1) is 0 Å². The molecular weight excluding hydrogens is 268 g/mol. The zero-order valence-electron chi connectivity index (χ0n) is 8.63. The number of hydrogen-bond donors (Lipinski definition) is 2. The SMILES string of the molecule is O=[N+]([O-])c1nc(-c2nc([N+](=O)[O-])c([N+](=O)[O-])[nH]2)n[nH]1. The standard InChI is InChI=1S/C5H2N8O6/c14-11(15)3-4(12(16)17)7-1(6-3)2-8-5(10-9-2)13(18)19/h(H,6,7)(H,8,9,10). The largest absolute Gasteiger partial charge is 0.463 e. The van der Waals surface area contributed by atoms with Crippen molar-refractivity contribution in [3.05, 3.63) is 30.3 Å².